The first-order valence-electron chi connectivity index (χ1n) is 34.4. The number of allylic oxidation sites excluding steroid dienone is 16. The van der Waals surface area contributed by atoms with Crippen molar-refractivity contribution in [1.82, 2.24) is 0 Å². The number of carboxylic acids is 1. The Bertz CT molecular complexity index is 1680. The number of hydrogen-bond donors (Lipinski definition) is 0. The average molecular weight is 1160 g/mol. The number of hydrogen-bond acceptors (Lipinski definition) is 8. The smallest absolute Gasteiger partial charge is 0.306 e. The molecule has 0 aromatic carbocycles. The van der Waals surface area contributed by atoms with Crippen LogP contribution in [0.25, 0.3) is 0 Å². The summed E-state index contributed by atoms with van der Waals surface area (Å²) in [7, 11) is 5.93. The second-order valence-electron chi connectivity index (χ2n) is 24.1. The van der Waals surface area contributed by atoms with Crippen LogP contribution in [-0.4, -0.2) is 82.3 Å². The van der Waals surface area contributed by atoms with Crippen LogP contribution in [0.1, 0.15) is 296 Å². The van der Waals surface area contributed by atoms with Crippen LogP contribution in [0.5, 0.6) is 0 Å². The molecule has 83 heavy (non-hydrogen) atoms. The molecule has 0 bridgehead atoms. The van der Waals surface area contributed by atoms with Crippen LogP contribution in [0.2, 0.25) is 0 Å². The van der Waals surface area contributed by atoms with Crippen LogP contribution in [0.3, 0.4) is 0 Å². The normalized spacial score (nSPS) is 13.3. The van der Waals surface area contributed by atoms with E-state index < -0.39 is 24.3 Å². The number of quaternary nitrogens is 1. The number of ether oxygens (including phenoxy) is 4. The summed E-state index contributed by atoms with van der Waals surface area (Å²) in [5.74, 6) is -2.29. The van der Waals surface area contributed by atoms with E-state index >= 15 is 0 Å². The molecule has 0 radical (unpaired) electrons. The number of likely N-dealkylation sites (N-methyl/N-ethyl adjacent to an activating group) is 1. The molecule has 0 aromatic rings. The Morgan fingerprint density at radius 2 is 0.687 bits per heavy atom. The molecule has 9 heteroatoms. The van der Waals surface area contributed by atoms with Gasteiger partial charge in [0.15, 0.2) is 12.4 Å². The predicted molar refractivity (Wildman–Crippen MR) is 352 cm³/mol. The number of carbonyl (C=O) groups excluding carboxylic acids is 3. The van der Waals surface area contributed by atoms with Crippen LogP contribution in [0.15, 0.2) is 97.2 Å². The minimum Gasteiger partial charge on any atom is -0.545 e. The van der Waals surface area contributed by atoms with E-state index in [9.17, 15) is 19.5 Å². The number of rotatable bonds is 63. The lowest BCUT2D eigenvalue weighted by Gasteiger charge is -2.26. The zero-order chi connectivity index (χ0) is 60.5. The van der Waals surface area contributed by atoms with E-state index in [0.717, 1.165) is 89.9 Å². The molecular weight excluding hydrogens is 1030 g/mol. The molecule has 2 unspecified atom stereocenters. The van der Waals surface area contributed by atoms with Crippen LogP contribution < -0.4 is 5.11 Å². The Hall–Kier alpha value is -3.79. The summed E-state index contributed by atoms with van der Waals surface area (Å²) in [5.41, 5.74) is 0. The minimum atomic E-state index is -1.63. The summed E-state index contributed by atoms with van der Waals surface area (Å²) in [6.45, 7) is 4.64. The number of unbranched alkanes of at least 4 members (excludes halogenated alkanes) is 32. The molecular formula is C74H129NO8. The maximum atomic E-state index is 12.9. The standard InChI is InChI=1S/C74H129NO8/c1-6-8-10-12-14-16-18-20-22-24-26-28-30-32-33-34-35-36-37-38-39-41-42-44-46-48-50-52-54-56-58-60-62-64-71(76)81-68-70(69-82-74(73(78)79)80-67-66-75(3,4)5)83-72(77)65-63-61-59-57-55-53-51-49-47-45-43-40-31-29-27-25-23-21-19-17-15-13-11-9-7-2/h9,11,15,17-18,20-21,23-24,26-27,29-30,32,40,43,70,74H,6-8,10,12-14,16,19,22,25,28,31,33-39,41-42,44-69H2,1-5H3/b11-9-,17-15-,20-18-,23-21-,26-24-,29-27-,32-30-,43-40-. The zero-order valence-electron chi connectivity index (χ0n) is 54.5. The van der Waals surface area contributed by atoms with Crippen molar-refractivity contribution in [3.05, 3.63) is 97.2 Å². The summed E-state index contributed by atoms with van der Waals surface area (Å²) in [6.07, 6.45) is 84.8. The first-order chi connectivity index (χ1) is 40.6. The van der Waals surface area contributed by atoms with Gasteiger partial charge in [-0.3, -0.25) is 9.59 Å². The molecule has 0 N–H and O–H groups in total. The van der Waals surface area contributed by atoms with Crippen molar-refractivity contribution in [3.8, 4) is 0 Å². The second kappa shape index (κ2) is 64.2. The van der Waals surface area contributed by atoms with Crippen LogP contribution in [0.4, 0.5) is 0 Å². The maximum absolute atomic E-state index is 12.9. The molecule has 478 valence electrons. The summed E-state index contributed by atoms with van der Waals surface area (Å²) in [6, 6.07) is 0. The molecule has 0 rings (SSSR count). The van der Waals surface area contributed by atoms with Gasteiger partial charge < -0.3 is 33.3 Å². The highest BCUT2D eigenvalue weighted by molar-refractivity contribution is 5.70. The number of carboxylic acid groups (broad SMARTS) is 1. The van der Waals surface area contributed by atoms with E-state index in [1.807, 2.05) is 21.1 Å². The van der Waals surface area contributed by atoms with Crippen LogP contribution in [0, 0.1) is 0 Å². The van der Waals surface area contributed by atoms with Crippen molar-refractivity contribution in [2.45, 2.75) is 309 Å². The van der Waals surface area contributed by atoms with Gasteiger partial charge in [-0.2, -0.15) is 0 Å². The summed E-state index contributed by atoms with van der Waals surface area (Å²) in [5, 5.41) is 11.8. The van der Waals surface area contributed by atoms with Gasteiger partial charge in [0, 0.05) is 12.8 Å². The molecule has 9 nitrogen and oxygen atoms in total. The number of carbonyl (C=O) groups is 3. The van der Waals surface area contributed by atoms with Crippen molar-refractivity contribution in [2.75, 3.05) is 47.5 Å². The lowest BCUT2D eigenvalue weighted by atomic mass is 10.0. The van der Waals surface area contributed by atoms with Gasteiger partial charge in [0.1, 0.15) is 13.2 Å². The van der Waals surface area contributed by atoms with Crippen molar-refractivity contribution in [3.63, 3.8) is 0 Å². The molecule has 0 amide bonds. The van der Waals surface area contributed by atoms with E-state index in [0.29, 0.717) is 17.4 Å². The molecule has 0 aliphatic carbocycles. The molecule has 0 saturated carbocycles. The van der Waals surface area contributed by atoms with E-state index in [-0.39, 0.29) is 38.6 Å². The fraction of sp³-hybridized carbons (Fsp3) is 0.743. The Morgan fingerprint density at radius 3 is 1.02 bits per heavy atom. The van der Waals surface area contributed by atoms with Crippen LogP contribution >= 0.6 is 0 Å². The Morgan fingerprint density at radius 1 is 0.373 bits per heavy atom. The maximum Gasteiger partial charge on any atom is 0.306 e. The van der Waals surface area contributed by atoms with Gasteiger partial charge in [-0.05, 0) is 96.3 Å². The second-order valence-corrected chi connectivity index (χ2v) is 24.1. The third-order valence-corrected chi connectivity index (χ3v) is 14.8. The Kier molecular flexibility index (Phi) is 61.3. The van der Waals surface area contributed by atoms with Gasteiger partial charge in [0.05, 0.1) is 40.3 Å². The van der Waals surface area contributed by atoms with Gasteiger partial charge in [-0.15, -0.1) is 0 Å². The van der Waals surface area contributed by atoms with E-state index in [1.54, 1.807) is 0 Å². The van der Waals surface area contributed by atoms with E-state index in [2.05, 4.69) is 111 Å². The highest BCUT2D eigenvalue weighted by Crippen LogP contribution is 2.17. The molecule has 0 spiro atoms. The topological polar surface area (TPSA) is 111 Å². The van der Waals surface area contributed by atoms with Crippen molar-refractivity contribution in [1.29, 1.82) is 0 Å². The monoisotopic (exact) mass is 1160 g/mol. The first kappa shape index (κ1) is 79.2. The third kappa shape index (κ3) is 65.6. The number of nitrogens with zero attached hydrogens (tertiary/aromatic N) is 1. The highest BCUT2D eigenvalue weighted by atomic mass is 16.7. The van der Waals surface area contributed by atoms with Gasteiger partial charge in [0.2, 0.25) is 0 Å². The predicted octanol–water partition coefficient (Wildman–Crippen LogP) is 19.9. The minimum absolute atomic E-state index is 0.143. The first-order valence-corrected chi connectivity index (χ1v) is 34.4. The lowest BCUT2D eigenvalue weighted by Crippen LogP contribution is -2.44. The largest absolute Gasteiger partial charge is 0.545 e. The van der Waals surface area contributed by atoms with Crippen molar-refractivity contribution in [2.24, 2.45) is 0 Å². The summed E-state index contributed by atoms with van der Waals surface area (Å²) in [4.78, 5) is 37.5. The fourth-order valence-corrected chi connectivity index (χ4v) is 9.57. The zero-order valence-corrected chi connectivity index (χ0v) is 54.5. The lowest BCUT2D eigenvalue weighted by molar-refractivity contribution is -0.870. The molecule has 0 aliphatic rings. The molecule has 0 saturated heterocycles. The molecule has 0 heterocycles. The van der Waals surface area contributed by atoms with Crippen molar-refractivity contribution < 1.29 is 42.9 Å². The van der Waals surface area contributed by atoms with Gasteiger partial charge >= 0.3 is 11.9 Å². The van der Waals surface area contributed by atoms with Gasteiger partial charge in [-0.1, -0.05) is 284 Å². The molecule has 0 aliphatic heterocycles. The van der Waals surface area contributed by atoms with Gasteiger partial charge in [0.25, 0.3) is 0 Å². The summed E-state index contributed by atoms with van der Waals surface area (Å²) >= 11 is 0. The number of aliphatic carboxylic acids is 1. The summed E-state index contributed by atoms with van der Waals surface area (Å²) < 4.78 is 22.8. The Balaban J connectivity index is 4.12. The Labute approximate surface area is 512 Å². The highest BCUT2D eigenvalue weighted by Gasteiger charge is 2.22. The quantitative estimate of drug-likeness (QED) is 0.0195. The molecule has 0 aromatic heterocycles. The van der Waals surface area contributed by atoms with E-state index in [4.69, 9.17) is 18.9 Å². The molecule has 0 fully saturated rings. The molecule has 2 atom stereocenters. The number of esters is 2. The van der Waals surface area contributed by atoms with E-state index in [1.165, 1.54) is 173 Å². The average Bonchev–Trinajstić information content (AvgIpc) is 3.46. The van der Waals surface area contributed by atoms with Gasteiger partial charge in [-0.25, -0.2) is 0 Å². The van der Waals surface area contributed by atoms with Crippen molar-refractivity contribution >= 4 is 17.9 Å². The van der Waals surface area contributed by atoms with Crippen LogP contribution in [-0.2, 0) is 33.3 Å². The fourth-order valence-electron chi connectivity index (χ4n) is 9.57. The third-order valence-electron chi connectivity index (χ3n) is 14.8. The SMILES string of the molecule is CC/C=C\C/C=C\C/C=C\C/C=C\C/C=C\CCCCCCCCCCCC(=O)OC(COC(=O)CCCCCCCCCCCCCCCCCCCC/C=C\C/C=C\C/C=C\CCCCCCC)COC(OCC[N+](C)(C)C)C(=O)[O-].